The second-order valence-corrected chi connectivity index (χ2v) is 10.6. The van der Waals surface area contributed by atoms with Crippen LogP contribution in [0.25, 0.3) is 0 Å². The molecule has 0 N–H and O–H groups in total. The van der Waals surface area contributed by atoms with E-state index in [1.165, 1.54) is 11.4 Å². The van der Waals surface area contributed by atoms with Crippen molar-refractivity contribution >= 4 is 16.0 Å². The molecule has 0 radical (unpaired) electrons. The molecule has 0 saturated heterocycles. The Labute approximate surface area is 208 Å². The third-order valence-corrected chi connectivity index (χ3v) is 8.13. The Balaban J connectivity index is 2.14. The summed E-state index contributed by atoms with van der Waals surface area (Å²) in [7, 11) is -2.55. The van der Waals surface area contributed by atoms with Gasteiger partial charge in [0, 0.05) is 13.7 Å². The van der Waals surface area contributed by atoms with E-state index in [0.717, 1.165) is 11.1 Å². The first kappa shape index (κ1) is 26.6. The molecule has 0 heterocycles. The first-order chi connectivity index (χ1) is 16.6. The van der Waals surface area contributed by atoms with Crippen LogP contribution in [0.3, 0.4) is 0 Å². The highest BCUT2D eigenvalue weighted by Gasteiger charge is 2.37. The Morgan fingerprint density at radius 1 is 0.914 bits per heavy atom. The van der Waals surface area contributed by atoms with Crippen LogP contribution in [0.4, 0.5) is 0 Å². The number of ether oxygens (including phenoxy) is 2. The highest BCUT2D eigenvalue weighted by Crippen LogP contribution is 2.33. The van der Waals surface area contributed by atoms with Gasteiger partial charge in [-0.3, -0.25) is 0 Å². The van der Waals surface area contributed by atoms with Crippen molar-refractivity contribution in [2.75, 3.05) is 13.7 Å². The summed E-state index contributed by atoms with van der Waals surface area (Å²) in [5.41, 5.74) is 3.90. The maximum absolute atomic E-state index is 14.2. The average Bonchev–Trinajstić information content (AvgIpc) is 2.81. The molecule has 3 rings (SSSR count). The van der Waals surface area contributed by atoms with Gasteiger partial charge in [0.05, 0.1) is 10.9 Å². The number of carbonyl (C=O) groups excluding carboxylic acids is 1. The molecule has 0 bridgehead atoms. The van der Waals surface area contributed by atoms with Crippen molar-refractivity contribution in [3.05, 3.63) is 101 Å². The van der Waals surface area contributed by atoms with Crippen molar-refractivity contribution in [2.45, 2.75) is 51.3 Å². The van der Waals surface area contributed by atoms with Crippen molar-refractivity contribution in [2.24, 2.45) is 0 Å². The number of hydrogen-bond donors (Lipinski definition) is 0. The zero-order valence-corrected chi connectivity index (χ0v) is 21.7. The molecule has 0 amide bonds. The molecule has 35 heavy (non-hydrogen) atoms. The van der Waals surface area contributed by atoms with Gasteiger partial charge in [0.25, 0.3) is 0 Å². The number of carbonyl (C=O) groups is 1. The molecule has 3 aromatic carbocycles. The van der Waals surface area contributed by atoms with Crippen LogP contribution in [0.15, 0.2) is 77.7 Å². The fourth-order valence-electron chi connectivity index (χ4n) is 4.43. The van der Waals surface area contributed by atoms with E-state index in [2.05, 4.69) is 0 Å². The highest BCUT2D eigenvalue weighted by atomic mass is 32.2. The van der Waals surface area contributed by atoms with E-state index in [1.54, 1.807) is 6.92 Å². The molecule has 0 aliphatic rings. The van der Waals surface area contributed by atoms with Crippen LogP contribution >= 0.6 is 0 Å². The first-order valence-corrected chi connectivity index (χ1v) is 13.0. The van der Waals surface area contributed by atoms with Crippen molar-refractivity contribution in [1.29, 1.82) is 0 Å². The summed E-state index contributed by atoms with van der Waals surface area (Å²) < 4.78 is 40.7. The number of hydrogen-bond acceptors (Lipinski definition) is 5. The van der Waals surface area contributed by atoms with Crippen LogP contribution in [0.5, 0.6) is 0 Å². The fourth-order valence-corrected chi connectivity index (χ4v) is 6.47. The van der Waals surface area contributed by atoms with Gasteiger partial charge < -0.3 is 9.47 Å². The minimum Gasteiger partial charge on any atom is -0.454 e. The maximum atomic E-state index is 14.2. The van der Waals surface area contributed by atoms with Crippen LogP contribution in [0.2, 0.25) is 0 Å². The monoisotopic (exact) mass is 495 g/mol. The Kier molecular flexibility index (Phi) is 8.83. The van der Waals surface area contributed by atoms with Gasteiger partial charge in [-0.1, -0.05) is 78.4 Å². The van der Waals surface area contributed by atoms with Crippen LogP contribution in [0, 0.1) is 20.8 Å². The standard InChI is InChI=1S/C28H33NO5S/c1-20-16-21(2)28(22(3)17-20)35(31,32)29(18-24-12-8-6-9-13-24)23(4)27(34-26(30)19-33-5)25-14-10-7-11-15-25/h6-17,23,27H,18-19H2,1-5H3/t23-,27-/m1/s1. The summed E-state index contributed by atoms with van der Waals surface area (Å²) >= 11 is 0. The Hall–Kier alpha value is -3.00. The lowest BCUT2D eigenvalue weighted by Gasteiger charge is -2.34. The number of nitrogens with zero attached hydrogens (tertiary/aromatic N) is 1. The first-order valence-electron chi connectivity index (χ1n) is 11.5. The Morgan fingerprint density at radius 3 is 2.00 bits per heavy atom. The van der Waals surface area contributed by atoms with Crippen LogP contribution in [-0.2, 0) is 30.8 Å². The molecule has 2 atom stereocenters. The van der Waals surface area contributed by atoms with Crippen molar-refractivity contribution in [1.82, 2.24) is 4.31 Å². The second kappa shape index (κ2) is 11.6. The average molecular weight is 496 g/mol. The number of aryl methyl sites for hydroxylation is 3. The van der Waals surface area contributed by atoms with E-state index in [9.17, 15) is 13.2 Å². The summed E-state index contributed by atoms with van der Waals surface area (Å²) in [5.74, 6) is -0.562. The van der Waals surface area contributed by atoms with E-state index in [1.807, 2.05) is 93.6 Å². The molecule has 0 aliphatic carbocycles. The quantitative estimate of drug-likeness (QED) is 0.365. The van der Waals surface area contributed by atoms with Gasteiger partial charge in [0.15, 0.2) is 0 Å². The number of methoxy groups -OCH3 is 1. The molecule has 0 fully saturated rings. The van der Waals surface area contributed by atoms with Gasteiger partial charge in [0.2, 0.25) is 10.0 Å². The lowest BCUT2D eigenvalue weighted by molar-refractivity contribution is -0.156. The lowest BCUT2D eigenvalue weighted by Crippen LogP contribution is -2.43. The van der Waals surface area contributed by atoms with E-state index >= 15 is 0 Å². The van der Waals surface area contributed by atoms with Crippen molar-refractivity contribution in [3.8, 4) is 0 Å². The van der Waals surface area contributed by atoms with Gasteiger partial charge in [-0.05, 0) is 49.9 Å². The second-order valence-electron chi connectivity index (χ2n) is 8.76. The Bertz CT molecular complexity index is 1220. The third kappa shape index (κ3) is 6.36. The minimum absolute atomic E-state index is 0.127. The summed E-state index contributed by atoms with van der Waals surface area (Å²) in [6, 6.07) is 21.7. The number of benzene rings is 3. The number of sulfonamides is 1. The number of rotatable bonds is 10. The van der Waals surface area contributed by atoms with Crippen LogP contribution < -0.4 is 0 Å². The smallest absolute Gasteiger partial charge is 0.332 e. The molecule has 0 spiro atoms. The fraction of sp³-hybridized carbons (Fsp3) is 0.321. The Morgan fingerprint density at radius 2 is 1.46 bits per heavy atom. The van der Waals surface area contributed by atoms with Gasteiger partial charge in [-0.2, -0.15) is 4.31 Å². The van der Waals surface area contributed by atoms with Crippen LogP contribution in [-0.4, -0.2) is 38.5 Å². The molecule has 0 saturated carbocycles. The van der Waals surface area contributed by atoms with E-state index in [4.69, 9.17) is 9.47 Å². The van der Waals surface area contributed by atoms with Crippen LogP contribution in [0.1, 0.15) is 40.8 Å². The molecule has 7 heteroatoms. The van der Waals surface area contributed by atoms with Gasteiger partial charge in [-0.25, -0.2) is 13.2 Å². The van der Waals surface area contributed by atoms with Crippen molar-refractivity contribution < 1.29 is 22.7 Å². The summed E-state index contributed by atoms with van der Waals surface area (Å²) in [4.78, 5) is 12.7. The molecule has 3 aromatic rings. The predicted molar refractivity (Wildman–Crippen MR) is 136 cm³/mol. The lowest BCUT2D eigenvalue weighted by atomic mass is 10.0. The van der Waals surface area contributed by atoms with E-state index < -0.39 is 28.1 Å². The molecule has 0 aromatic heterocycles. The SMILES string of the molecule is COCC(=O)O[C@@H](c1ccccc1)[C@@H](C)N(Cc1ccccc1)S(=O)(=O)c1c(C)cc(C)cc1C. The zero-order valence-electron chi connectivity index (χ0n) is 20.9. The van der Waals surface area contributed by atoms with E-state index in [0.29, 0.717) is 16.7 Å². The highest BCUT2D eigenvalue weighted by molar-refractivity contribution is 7.89. The molecular formula is C28H33NO5S. The summed E-state index contributed by atoms with van der Waals surface area (Å²) in [6.07, 6.45) is -0.830. The van der Waals surface area contributed by atoms with Gasteiger partial charge in [0.1, 0.15) is 12.7 Å². The topological polar surface area (TPSA) is 72.9 Å². The third-order valence-electron chi connectivity index (χ3n) is 5.89. The largest absolute Gasteiger partial charge is 0.454 e. The molecule has 6 nitrogen and oxygen atoms in total. The normalized spacial score (nSPS) is 13.4. The zero-order chi connectivity index (χ0) is 25.6. The maximum Gasteiger partial charge on any atom is 0.332 e. The molecule has 0 unspecified atom stereocenters. The summed E-state index contributed by atoms with van der Waals surface area (Å²) in [5, 5.41) is 0. The molecule has 0 aliphatic heterocycles. The van der Waals surface area contributed by atoms with Gasteiger partial charge in [-0.15, -0.1) is 0 Å². The predicted octanol–water partition coefficient (Wildman–Crippen LogP) is 5.12. The summed E-state index contributed by atoms with van der Waals surface area (Å²) in [6.45, 7) is 7.25. The minimum atomic E-state index is -3.97. The number of esters is 1. The van der Waals surface area contributed by atoms with Crippen molar-refractivity contribution in [3.63, 3.8) is 0 Å². The van der Waals surface area contributed by atoms with Gasteiger partial charge >= 0.3 is 5.97 Å². The van der Waals surface area contributed by atoms with E-state index in [-0.39, 0.29) is 18.0 Å². The molecule has 186 valence electrons. The molecular weight excluding hydrogens is 462 g/mol.